The van der Waals surface area contributed by atoms with Crippen molar-refractivity contribution in [1.82, 2.24) is 14.9 Å². The van der Waals surface area contributed by atoms with Crippen molar-refractivity contribution >= 4 is 15.9 Å². The number of rotatable bonds is 5. The van der Waals surface area contributed by atoms with Crippen molar-refractivity contribution in [2.75, 3.05) is 33.7 Å². The molecule has 2 unspecified atom stereocenters. The third-order valence-corrected chi connectivity index (χ3v) is 5.61. The molecular formula is C13H21N3O5S. The first kappa shape index (κ1) is 16.9. The second-order valence-corrected chi connectivity index (χ2v) is 7.63. The monoisotopic (exact) mass is 331 g/mol. The normalized spacial score (nSPS) is 22.2. The quantitative estimate of drug-likeness (QED) is 0.648. The van der Waals surface area contributed by atoms with Gasteiger partial charge in [0.1, 0.15) is 10.7 Å². The Hall–Kier alpha value is -1.42. The molecule has 1 amide bonds. The average molecular weight is 331 g/mol. The molecule has 1 aliphatic rings. The minimum absolute atomic E-state index is 0.0229. The summed E-state index contributed by atoms with van der Waals surface area (Å²) in [6.45, 7) is 2.92. The van der Waals surface area contributed by atoms with Gasteiger partial charge in [-0.25, -0.2) is 12.7 Å². The zero-order valence-electron chi connectivity index (χ0n) is 12.8. The molecule has 1 saturated heterocycles. The molecule has 0 radical (unpaired) electrons. The highest BCUT2D eigenvalue weighted by Gasteiger charge is 2.28. The highest BCUT2D eigenvalue weighted by molar-refractivity contribution is 7.89. The van der Waals surface area contributed by atoms with E-state index in [1.54, 1.807) is 0 Å². The van der Waals surface area contributed by atoms with E-state index in [1.165, 1.54) is 27.1 Å². The largest absolute Gasteiger partial charge is 0.455 e. The van der Waals surface area contributed by atoms with Gasteiger partial charge >= 0.3 is 0 Å². The molecule has 8 nitrogen and oxygen atoms in total. The van der Waals surface area contributed by atoms with Crippen LogP contribution in [0.3, 0.4) is 0 Å². The van der Waals surface area contributed by atoms with E-state index in [0.717, 1.165) is 4.31 Å². The van der Waals surface area contributed by atoms with Gasteiger partial charge in [-0.1, -0.05) is 0 Å². The zero-order chi connectivity index (χ0) is 16.5. The maximum Gasteiger partial charge on any atom is 0.287 e. The lowest BCUT2D eigenvalue weighted by atomic mass is 10.1. The predicted octanol–water partition coefficient (Wildman–Crippen LogP) is -0.852. The molecule has 0 aliphatic carbocycles. The van der Waals surface area contributed by atoms with E-state index in [2.05, 4.69) is 10.6 Å². The number of hydrogen-bond acceptors (Lipinski definition) is 6. The van der Waals surface area contributed by atoms with Crippen LogP contribution in [0.5, 0.6) is 0 Å². The number of aliphatic hydroxyl groups excluding tert-OH is 1. The Bertz CT molecular complexity index is 653. The van der Waals surface area contributed by atoms with Crippen molar-refractivity contribution < 1.29 is 22.7 Å². The maximum absolute atomic E-state index is 12.1. The van der Waals surface area contributed by atoms with Crippen molar-refractivity contribution in [3.63, 3.8) is 0 Å². The molecule has 0 saturated carbocycles. The maximum atomic E-state index is 12.1. The molecule has 1 aliphatic heterocycles. The first-order valence-electron chi connectivity index (χ1n) is 6.93. The Morgan fingerprint density at radius 3 is 2.73 bits per heavy atom. The summed E-state index contributed by atoms with van der Waals surface area (Å²) < 4.78 is 30.5. The van der Waals surface area contributed by atoms with Crippen molar-refractivity contribution in [1.29, 1.82) is 0 Å². The molecule has 0 bridgehead atoms. The standard InChI is InChI=1S/C13H21N3O5S/c1-8-12(22(19,20)16(2)3)4-11(21-8)13(18)15-6-9-5-14-7-10(9)17/h4,9-10,14,17H,5-7H2,1-3H3,(H,15,18). The first-order chi connectivity index (χ1) is 10.2. The fourth-order valence-corrected chi connectivity index (χ4v) is 3.32. The molecule has 2 heterocycles. The Morgan fingerprint density at radius 1 is 1.50 bits per heavy atom. The topological polar surface area (TPSA) is 112 Å². The van der Waals surface area contributed by atoms with E-state index < -0.39 is 22.0 Å². The highest BCUT2D eigenvalue weighted by Crippen LogP contribution is 2.22. The molecule has 1 aromatic heterocycles. The van der Waals surface area contributed by atoms with E-state index in [4.69, 9.17) is 4.42 Å². The summed E-state index contributed by atoms with van der Waals surface area (Å²) in [4.78, 5) is 12.0. The smallest absolute Gasteiger partial charge is 0.287 e. The number of nitrogens with one attached hydrogen (secondary N) is 2. The van der Waals surface area contributed by atoms with Gasteiger partial charge in [-0.3, -0.25) is 4.79 Å². The van der Waals surface area contributed by atoms with Gasteiger partial charge in [-0.15, -0.1) is 0 Å². The molecule has 0 aromatic carbocycles. The molecule has 2 atom stereocenters. The summed E-state index contributed by atoms with van der Waals surface area (Å²) in [5.41, 5.74) is 0. The molecule has 3 N–H and O–H groups in total. The third-order valence-electron chi connectivity index (χ3n) is 3.68. The van der Waals surface area contributed by atoms with Gasteiger partial charge in [0.2, 0.25) is 10.0 Å². The molecular weight excluding hydrogens is 310 g/mol. The van der Waals surface area contributed by atoms with Crippen LogP contribution in [-0.2, 0) is 10.0 Å². The Morgan fingerprint density at radius 2 is 2.18 bits per heavy atom. The van der Waals surface area contributed by atoms with Crippen molar-refractivity contribution in [3.8, 4) is 0 Å². The number of aliphatic hydroxyl groups is 1. The number of carbonyl (C=O) groups is 1. The number of amides is 1. The third kappa shape index (κ3) is 3.32. The second-order valence-electron chi connectivity index (χ2n) is 5.51. The number of hydrogen-bond donors (Lipinski definition) is 3. The van der Waals surface area contributed by atoms with Crippen LogP contribution in [0, 0.1) is 12.8 Å². The van der Waals surface area contributed by atoms with E-state index in [0.29, 0.717) is 19.6 Å². The lowest BCUT2D eigenvalue weighted by Crippen LogP contribution is -2.34. The average Bonchev–Trinajstić information content (AvgIpc) is 3.02. The van der Waals surface area contributed by atoms with E-state index in [-0.39, 0.29) is 22.3 Å². The van der Waals surface area contributed by atoms with Crippen LogP contribution < -0.4 is 10.6 Å². The number of nitrogens with zero attached hydrogens (tertiary/aromatic N) is 1. The molecule has 0 spiro atoms. The van der Waals surface area contributed by atoms with Crippen LogP contribution in [0.2, 0.25) is 0 Å². The van der Waals surface area contributed by atoms with Gasteiger partial charge in [-0.05, 0) is 6.92 Å². The Balaban J connectivity index is 2.08. The highest BCUT2D eigenvalue weighted by atomic mass is 32.2. The van der Waals surface area contributed by atoms with Crippen LogP contribution in [-0.4, -0.2) is 63.6 Å². The first-order valence-corrected chi connectivity index (χ1v) is 8.37. The van der Waals surface area contributed by atoms with Gasteiger partial charge < -0.3 is 20.2 Å². The van der Waals surface area contributed by atoms with Gasteiger partial charge in [-0.2, -0.15) is 0 Å². The van der Waals surface area contributed by atoms with Gasteiger partial charge in [0, 0.05) is 45.7 Å². The van der Waals surface area contributed by atoms with E-state index in [9.17, 15) is 18.3 Å². The van der Waals surface area contributed by atoms with E-state index >= 15 is 0 Å². The summed E-state index contributed by atoms with van der Waals surface area (Å²) in [7, 11) is -0.825. The molecule has 1 aromatic rings. The van der Waals surface area contributed by atoms with Gasteiger partial charge in [0.15, 0.2) is 5.76 Å². The number of sulfonamides is 1. The van der Waals surface area contributed by atoms with Crippen LogP contribution in [0.25, 0.3) is 0 Å². The molecule has 1 fully saturated rings. The fourth-order valence-electron chi connectivity index (χ4n) is 2.27. The second kappa shape index (κ2) is 6.37. The summed E-state index contributed by atoms with van der Waals surface area (Å²) in [5, 5.41) is 15.3. The Labute approximate surface area is 129 Å². The fraction of sp³-hybridized carbons (Fsp3) is 0.615. The SMILES string of the molecule is Cc1oc(C(=O)NCC2CNCC2O)cc1S(=O)(=O)N(C)C. The number of carbonyl (C=O) groups excluding carboxylic acids is 1. The summed E-state index contributed by atoms with van der Waals surface area (Å²) >= 11 is 0. The summed E-state index contributed by atoms with van der Waals surface area (Å²) in [5.74, 6) is -0.452. The summed E-state index contributed by atoms with van der Waals surface area (Å²) in [6, 6.07) is 1.23. The summed E-state index contributed by atoms with van der Waals surface area (Å²) in [6.07, 6.45) is -0.497. The lowest BCUT2D eigenvalue weighted by molar-refractivity contribution is 0.0898. The zero-order valence-corrected chi connectivity index (χ0v) is 13.6. The number of β-amino-alcohol motifs (C(OH)–C–C–N with tert-alkyl or cyclic N) is 1. The number of furan rings is 1. The lowest BCUT2D eigenvalue weighted by Gasteiger charge is -2.13. The molecule has 124 valence electrons. The van der Waals surface area contributed by atoms with Crippen LogP contribution in [0.4, 0.5) is 0 Å². The Kier molecular flexibility index (Phi) is 4.90. The predicted molar refractivity (Wildman–Crippen MR) is 79.0 cm³/mol. The molecule has 2 rings (SSSR count). The van der Waals surface area contributed by atoms with Crippen molar-refractivity contribution in [2.24, 2.45) is 5.92 Å². The minimum Gasteiger partial charge on any atom is -0.455 e. The van der Waals surface area contributed by atoms with E-state index in [1.807, 2.05) is 0 Å². The van der Waals surface area contributed by atoms with Gasteiger partial charge in [0.25, 0.3) is 5.91 Å². The van der Waals surface area contributed by atoms with Gasteiger partial charge in [0.05, 0.1) is 6.10 Å². The van der Waals surface area contributed by atoms with Crippen molar-refractivity contribution in [3.05, 3.63) is 17.6 Å². The van der Waals surface area contributed by atoms with Crippen molar-refractivity contribution in [2.45, 2.75) is 17.9 Å². The number of aryl methyl sites for hydroxylation is 1. The van der Waals surface area contributed by atoms with Crippen LogP contribution in [0.1, 0.15) is 16.3 Å². The van der Waals surface area contributed by atoms with Crippen LogP contribution >= 0.6 is 0 Å². The minimum atomic E-state index is -3.65. The molecule has 9 heteroatoms. The van der Waals surface area contributed by atoms with Crippen LogP contribution in [0.15, 0.2) is 15.4 Å². The molecule has 22 heavy (non-hydrogen) atoms.